The highest BCUT2D eigenvalue weighted by atomic mass is 16.4. The topological polar surface area (TPSA) is 105 Å². The van der Waals surface area contributed by atoms with E-state index in [9.17, 15) is 9.59 Å². The van der Waals surface area contributed by atoms with Crippen molar-refractivity contribution in [2.24, 2.45) is 11.7 Å². The SMILES string of the molecule is NC(=O)c1ccnc(NC2CCCC(C(=O)O)C2)c1. The minimum Gasteiger partial charge on any atom is -0.481 e. The number of carboxylic acids is 1. The van der Waals surface area contributed by atoms with E-state index in [0.29, 0.717) is 17.8 Å². The molecule has 0 saturated heterocycles. The van der Waals surface area contributed by atoms with Crippen LogP contribution >= 0.6 is 0 Å². The van der Waals surface area contributed by atoms with E-state index in [1.165, 1.54) is 6.20 Å². The maximum Gasteiger partial charge on any atom is 0.306 e. The number of primary amides is 1. The Bertz CT molecular complexity index is 490. The predicted octanol–water partition coefficient (Wildman–Crippen LogP) is 1.24. The number of carbonyl (C=O) groups excluding carboxylic acids is 1. The van der Waals surface area contributed by atoms with Crippen LogP contribution in [-0.4, -0.2) is 28.0 Å². The summed E-state index contributed by atoms with van der Waals surface area (Å²) in [6.07, 6.45) is 4.61. The lowest BCUT2D eigenvalue weighted by Crippen LogP contribution is -2.31. The number of rotatable bonds is 4. The van der Waals surface area contributed by atoms with Crippen molar-refractivity contribution in [3.8, 4) is 0 Å². The first-order chi connectivity index (χ1) is 9.06. The molecule has 6 heteroatoms. The second-order valence-electron chi connectivity index (χ2n) is 4.84. The lowest BCUT2D eigenvalue weighted by Gasteiger charge is -2.27. The number of nitrogens with zero attached hydrogens (tertiary/aromatic N) is 1. The van der Waals surface area contributed by atoms with Crippen LogP contribution in [0.15, 0.2) is 18.3 Å². The Morgan fingerprint density at radius 1 is 1.42 bits per heavy atom. The highest BCUT2D eigenvalue weighted by Gasteiger charge is 2.27. The first kappa shape index (κ1) is 13.3. The van der Waals surface area contributed by atoms with Crippen LogP contribution in [0.4, 0.5) is 5.82 Å². The molecule has 1 fully saturated rings. The highest BCUT2D eigenvalue weighted by Crippen LogP contribution is 2.26. The smallest absolute Gasteiger partial charge is 0.306 e. The number of aromatic nitrogens is 1. The summed E-state index contributed by atoms with van der Waals surface area (Å²) in [6, 6.07) is 3.21. The minimum absolute atomic E-state index is 0.0745. The average Bonchev–Trinajstić information content (AvgIpc) is 2.39. The van der Waals surface area contributed by atoms with E-state index >= 15 is 0 Å². The lowest BCUT2D eigenvalue weighted by atomic mass is 9.86. The largest absolute Gasteiger partial charge is 0.481 e. The summed E-state index contributed by atoms with van der Waals surface area (Å²) >= 11 is 0. The van der Waals surface area contributed by atoms with Gasteiger partial charge in [0.2, 0.25) is 5.91 Å². The van der Waals surface area contributed by atoms with Crippen LogP contribution in [0.5, 0.6) is 0 Å². The van der Waals surface area contributed by atoms with E-state index < -0.39 is 11.9 Å². The first-order valence-corrected chi connectivity index (χ1v) is 6.31. The molecule has 2 unspecified atom stereocenters. The van der Waals surface area contributed by atoms with Crippen LogP contribution in [-0.2, 0) is 4.79 Å². The maximum atomic E-state index is 11.1. The van der Waals surface area contributed by atoms with E-state index in [2.05, 4.69) is 10.3 Å². The first-order valence-electron chi connectivity index (χ1n) is 6.31. The number of nitrogens with two attached hydrogens (primary N) is 1. The standard InChI is InChI=1S/C13H17N3O3/c14-12(17)8-4-5-15-11(7-8)16-10-3-1-2-9(6-10)13(18)19/h4-5,7,9-10H,1-3,6H2,(H2,14,17)(H,15,16)(H,18,19). The quantitative estimate of drug-likeness (QED) is 0.757. The van der Waals surface area contributed by atoms with Crippen molar-refractivity contribution in [2.75, 3.05) is 5.32 Å². The molecule has 19 heavy (non-hydrogen) atoms. The van der Waals surface area contributed by atoms with Crippen molar-refractivity contribution in [2.45, 2.75) is 31.7 Å². The Kier molecular flexibility index (Phi) is 3.99. The summed E-state index contributed by atoms with van der Waals surface area (Å²) in [5.74, 6) is -0.985. The van der Waals surface area contributed by atoms with Crippen LogP contribution in [0, 0.1) is 5.92 Å². The van der Waals surface area contributed by atoms with Gasteiger partial charge in [0.15, 0.2) is 0 Å². The van der Waals surface area contributed by atoms with E-state index in [4.69, 9.17) is 10.8 Å². The van der Waals surface area contributed by atoms with Gasteiger partial charge in [-0.25, -0.2) is 4.98 Å². The molecule has 2 rings (SSSR count). The second kappa shape index (κ2) is 5.69. The van der Waals surface area contributed by atoms with Crippen LogP contribution in [0.1, 0.15) is 36.0 Å². The summed E-state index contributed by atoms with van der Waals surface area (Å²) in [6.45, 7) is 0. The molecule has 0 spiro atoms. The molecular weight excluding hydrogens is 246 g/mol. The van der Waals surface area contributed by atoms with Gasteiger partial charge in [0.05, 0.1) is 5.92 Å². The number of pyridine rings is 1. The van der Waals surface area contributed by atoms with E-state index in [1.807, 2.05) is 0 Å². The number of amides is 1. The minimum atomic E-state index is -0.745. The molecular formula is C13H17N3O3. The van der Waals surface area contributed by atoms with Gasteiger partial charge in [-0.15, -0.1) is 0 Å². The fourth-order valence-electron chi connectivity index (χ4n) is 2.42. The van der Waals surface area contributed by atoms with Crippen LogP contribution < -0.4 is 11.1 Å². The zero-order valence-electron chi connectivity index (χ0n) is 10.5. The molecule has 1 aromatic heterocycles. The van der Waals surface area contributed by atoms with Gasteiger partial charge in [-0.05, 0) is 31.4 Å². The third-order valence-electron chi connectivity index (χ3n) is 3.42. The number of aliphatic carboxylic acids is 1. The highest BCUT2D eigenvalue weighted by molar-refractivity contribution is 5.93. The van der Waals surface area contributed by atoms with Crippen molar-refractivity contribution >= 4 is 17.7 Å². The Labute approximate surface area is 111 Å². The van der Waals surface area contributed by atoms with Gasteiger partial charge in [0, 0.05) is 17.8 Å². The normalized spacial score (nSPS) is 22.7. The summed E-state index contributed by atoms with van der Waals surface area (Å²) < 4.78 is 0. The Morgan fingerprint density at radius 3 is 2.89 bits per heavy atom. The zero-order chi connectivity index (χ0) is 13.8. The molecule has 6 nitrogen and oxygen atoms in total. The Balaban J connectivity index is 2.02. The number of hydrogen-bond donors (Lipinski definition) is 3. The molecule has 1 aliphatic carbocycles. The number of nitrogens with one attached hydrogen (secondary N) is 1. The van der Waals surface area contributed by atoms with Gasteiger partial charge in [-0.2, -0.15) is 0 Å². The molecule has 4 N–H and O–H groups in total. The molecule has 0 aliphatic heterocycles. The van der Waals surface area contributed by atoms with Crippen molar-refractivity contribution in [1.29, 1.82) is 0 Å². The van der Waals surface area contributed by atoms with Gasteiger partial charge in [0.1, 0.15) is 5.82 Å². The van der Waals surface area contributed by atoms with Crippen LogP contribution in [0.3, 0.4) is 0 Å². The molecule has 0 aromatic carbocycles. The third kappa shape index (κ3) is 3.43. The molecule has 1 amide bonds. The number of carboxylic acid groups (broad SMARTS) is 1. The Morgan fingerprint density at radius 2 is 2.21 bits per heavy atom. The van der Waals surface area contributed by atoms with Crippen molar-refractivity contribution in [3.05, 3.63) is 23.9 Å². The van der Waals surface area contributed by atoms with Crippen molar-refractivity contribution in [1.82, 2.24) is 4.98 Å². The molecule has 2 atom stereocenters. The van der Waals surface area contributed by atoms with Gasteiger partial charge in [0.25, 0.3) is 0 Å². The van der Waals surface area contributed by atoms with Gasteiger partial charge >= 0.3 is 5.97 Å². The van der Waals surface area contributed by atoms with E-state index in [-0.39, 0.29) is 12.0 Å². The fourth-order valence-corrected chi connectivity index (χ4v) is 2.42. The van der Waals surface area contributed by atoms with Crippen molar-refractivity contribution in [3.63, 3.8) is 0 Å². The van der Waals surface area contributed by atoms with E-state index in [1.54, 1.807) is 12.1 Å². The molecule has 102 valence electrons. The summed E-state index contributed by atoms with van der Waals surface area (Å²) in [7, 11) is 0. The third-order valence-corrected chi connectivity index (χ3v) is 3.42. The maximum absolute atomic E-state index is 11.1. The Hall–Kier alpha value is -2.11. The second-order valence-corrected chi connectivity index (χ2v) is 4.84. The number of carbonyl (C=O) groups is 2. The van der Waals surface area contributed by atoms with Gasteiger partial charge in [-0.1, -0.05) is 6.42 Å². The summed E-state index contributed by atoms with van der Waals surface area (Å²) in [5, 5.41) is 12.2. The fraction of sp³-hybridized carbons (Fsp3) is 0.462. The van der Waals surface area contributed by atoms with Crippen LogP contribution in [0.25, 0.3) is 0 Å². The molecule has 1 saturated carbocycles. The van der Waals surface area contributed by atoms with Gasteiger partial charge in [-0.3, -0.25) is 9.59 Å². The van der Waals surface area contributed by atoms with Crippen LogP contribution in [0.2, 0.25) is 0 Å². The number of anilines is 1. The van der Waals surface area contributed by atoms with Gasteiger partial charge < -0.3 is 16.2 Å². The molecule has 0 bridgehead atoms. The average molecular weight is 263 g/mol. The molecule has 1 aromatic rings. The summed E-state index contributed by atoms with van der Waals surface area (Å²) in [5.41, 5.74) is 5.60. The van der Waals surface area contributed by atoms with E-state index in [0.717, 1.165) is 19.3 Å². The molecule has 0 radical (unpaired) electrons. The molecule has 1 heterocycles. The molecule has 1 aliphatic rings. The van der Waals surface area contributed by atoms with Crippen molar-refractivity contribution < 1.29 is 14.7 Å². The summed E-state index contributed by atoms with van der Waals surface area (Å²) in [4.78, 5) is 26.2. The zero-order valence-corrected chi connectivity index (χ0v) is 10.5. The number of hydrogen-bond acceptors (Lipinski definition) is 4. The monoisotopic (exact) mass is 263 g/mol. The predicted molar refractivity (Wildman–Crippen MR) is 69.8 cm³/mol. The lowest BCUT2D eigenvalue weighted by molar-refractivity contribution is -0.142.